The van der Waals surface area contributed by atoms with Gasteiger partial charge in [0.15, 0.2) is 5.96 Å². The van der Waals surface area contributed by atoms with Crippen molar-refractivity contribution in [2.75, 3.05) is 32.8 Å². The van der Waals surface area contributed by atoms with Crippen molar-refractivity contribution >= 4 is 17.6 Å². The molecule has 1 N–H and O–H groups in total. The molecule has 1 fully saturated rings. The molecular weight excluding hydrogens is 400 g/mol. The lowest BCUT2D eigenvalue weighted by molar-refractivity contribution is -0.129. The molecule has 2 heterocycles. The number of carbonyl (C=O) groups excluding carboxylic acids is 1. The van der Waals surface area contributed by atoms with Gasteiger partial charge in [0.1, 0.15) is 0 Å². The molecule has 6 nitrogen and oxygen atoms in total. The minimum Gasteiger partial charge on any atom is -0.378 e. The third kappa shape index (κ3) is 5.02. The van der Waals surface area contributed by atoms with E-state index in [0.29, 0.717) is 31.9 Å². The van der Waals surface area contributed by atoms with E-state index in [-0.39, 0.29) is 11.9 Å². The van der Waals surface area contributed by atoms with Crippen LogP contribution in [0.2, 0.25) is 0 Å². The third-order valence-corrected chi connectivity index (χ3v) is 5.88. The Balaban J connectivity index is 1.67. The van der Waals surface area contributed by atoms with E-state index in [0.717, 1.165) is 41.4 Å². The number of aliphatic imine (C=N–C) groups is 1. The van der Waals surface area contributed by atoms with E-state index in [9.17, 15) is 4.79 Å². The molecular formula is C26H32N4O2. The molecule has 2 aliphatic rings. The van der Waals surface area contributed by atoms with E-state index >= 15 is 0 Å². The highest BCUT2D eigenvalue weighted by molar-refractivity contribution is 6.06. The average Bonchev–Trinajstić information content (AvgIpc) is 2.83. The summed E-state index contributed by atoms with van der Waals surface area (Å²) in [6.45, 7) is 10.1. The van der Waals surface area contributed by atoms with E-state index in [1.807, 2.05) is 29.2 Å². The van der Waals surface area contributed by atoms with E-state index in [4.69, 9.17) is 9.73 Å². The minimum atomic E-state index is 0.0256. The lowest BCUT2D eigenvalue weighted by atomic mass is 10.0. The van der Waals surface area contributed by atoms with Crippen molar-refractivity contribution in [2.45, 2.75) is 33.4 Å². The van der Waals surface area contributed by atoms with Crippen molar-refractivity contribution in [3.63, 3.8) is 0 Å². The number of carbonyl (C=O) groups is 1. The number of hydrogen-bond acceptors (Lipinski definition) is 5. The van der Waals surface area contributed by atoms with Gasteiger partial charge in [-0.25, -0.2) is 4.99 Å². The van der Waals surface area contributed by atoms with Crippen molar-refractivity contribution in [2.24, 2.45) is 4.99 Å². The van der Waals surface area contributed by atoms with Crippen LogP contribution in [0.4, 0.5) is 0 Å². The summed E-state index contributed by atoms with van der Waals surface area (Å²) in [7, 11) is 0. The van der Waals surface area contributed by atoms with Crippen LogP contribution in [0, 0.1) is 6.92 Å². The molecule has 1 amide bonds. The quantitative estimate of drug-likeness (QED) is 0.787. The lowest BCUT2D eigenvalue weighted by Crippen LogP contribution is -2.49. The molecule has 1 saturated heterocycles. The van der Waals surface area contributed by atoms with Crippen LogP contribution in [0.5, 0.6) is 0 Å². The maximum Gasteiger partial charge on any atom is 0.254 e. The first-order chi connectivity index (χ1) is 15.5. The van der Waals surface area contributed by atoms with Gasteiger partial charge >= 0.3 is 0 Å². The molecule has 2 aromatic rings. The number of amides is 1. The zero-order valence-corrected chi connectivity index (χ0v) is 19.2. The molecule has 6 heteroatoms. The Morgan fingerprint density at radius 2 is 1.88 bits per heavy atom. The molecule has 0 aromatic heterocycles. The minimum absolute atomic E-state index is 0.0256. The summed E-state index contributed by atoms with van der Waals surface area (Å²) < 4.78 is 5.49. The van der Waals surface area contributed by atoms with Crippen LogP contribution < -0.4 is 5.32 Å². The fourth-order valence-electron chi connectivity index (χ4n) is 4.08. The molecule has 4 rings (SSSR count). The average molecular weight is 433 g/mol. The Hall–Kier alpha value is -3.12. The van der Waals surface area contributed by atoms with Crippen LogP contribution in [-0.2, 0) is 16.1 Å². The number of nitrogens with zero attached hydrogens (tertiary/aromatic N) is 3. The van der Waals surface area contributed by atoms with Crippen molar-refractivity contribution in [1.29, 1.82) is 0 Å². The van der Waals surface area contributed by atoms with Gasteiger partial charge in [0.05, 0.1) is 31.0 Å². The first-order valence-corrected chi connectivity index (χ1v) is 11.3. The zero-order chi connectivity index (χ0) is 22.5. The highest BCUT2D eigenvalue weighted by Gasteiger charge is 2.29. The largest absolute Gasteiger partial charge is 0.378 e. The standard InChI is InChI=1S/C26H32N4O2/c1-19(2)30(18-21-9-5-4-6-10-21)25(31)23-17-27-26(29-12-14-32-15-13-29)28-24(23)22-11-7-8-20(3)16-22/h4-11,16,19H,12-15,17-18H2,1-3H3,(H,27,28). The molecule has 0 saturated carbocycles. The summed E-state index contributed by atoms with van der Waals surface area (Å²) in [5.41, 5.74) is 4.85. The molecule has 0 bridgehead atoms. The number of ether oxygens (including phenoxy) is 1. The SMILES string of the molecule is Cc1cccc(C2=C(C(=O)N(Cc3ccccc3)C(C)C)CN=C(N3CCOCC3)N2)c1. The molecule has 0 unspecified atom stereocenters. The lowest BCUT2D eigenvalue weighted by Gasteiger charge is -2.35. The molecule has 0 spiro atoms. The predicted octanol–water partition coefficient (Wildman–Crippen LogP) is 3.43. The van der Waals surface area contributed by atoms with Gasteiger partial charge in [-0.1, -0.05) is 54.1 Å². The number of rotatable bonds is 5. The maximum atomic E-state index is 13.8. The van der Waals surface area contributed by atoms with Gasteiger partial charge in [-0.2, -0.15) is 0 Å². The van der Waals surface area contributed by atoms with Crippen molar-refractivity contribution < 1.29 is 9.53 Å². The zero-order valence-electron chi connectivity index (χ0n) is 19.2. The van der Waals surface area contributed by atoms with Gasteiger partial charge in [-0.15, -0.1) is 0 Å². The van der Waals surface area contributed by atoms with Crippen LogP contribution in [0.1, 0.15) is 30.5 Å². The monoisotopic (exact) mass is 432 g/mol. The van der Waals surface area contributed by atoms with E-state index in [1.165, 1.54) is 0 Å². The van der Waals surface area contributed by atoms with Crippen molar-refractivity contribution in [3.8, 4) is 0 Å². The second kappa shape index (κ2) is 10.0. The molecule has 2 aliphatic heterocycles. The molecule has 0 aliphatic carbocycles. The Morgan fingerprint density at radius 1 is 1.12 bits per heavy atom. The van der Waals surface area contributed by atoms with Crippen LogP contribution in [0.15, 0.2) is 65.2 Å². The van der Waals surface area contributed by atoms with Crippen LogP contribution >= 0.6 is 0 Å². The number of benzene rings is 2. The van der Waals surface area contributed by atoms with Crippen molar-refractivity contribution in [3.05, 3.63) is 76.9 Å². The van der Waals surface area contributed by atoms with E-state index in [2.05, 4.69) is 61.3 Å². The summed E-state index contributed by atoms with van der Waals surface area (Å²) in [5.74, 6) is 0.846. The van der Waals surface area contributed by atoms with Gasteiger partial charge in [-0.3, -0.25) is 4.79 Å². The first kappa shape index (κ1) is 22.1. The first-order valence-electron chi connectivity index (χ1n) is 11.3. The smallest absolute Gasteiger partial charge is 0.254 e. The topological polar surface area (TPSA) is 57.2 Å². The fourth-order valence-corrected chi connectivity index (χ4v) is 4.08. The predicted molar refractivity (Wildman–Crippen MR) is 128 cm³/mol. The number of morpholine rings is 1. The Bertz CT molecular complexity index is 1010. The Labute approximate surface area is 190 Å². The molecule has 0 atom stereocenters. The Kier molecular flexibility index (Phi) is 6.90. The third-order valence-electron chi connectivity index (χ3n) is 5.88. The van der Waals surface area contributed by atoms with Gasteiger partial charge in [0, 0.05) is 25.7 Å². The molecule has 168 valence electrons. The van der Waals surface area contributed by atoms with E-state index < -0.39 is 0 Å². The van der Waals surface area contributed by atoms with Gasteiger partial charge in [0.2, 0.25) is 0 Å². The molecule has 32 heavy (non-hydrogen) atoms. The molecule has 0 radical (unpaired) electrons. The van der Waals surface area contributed by atoms with Gasteiger partial charge in [-0.05, 0) is 38.0 Å². The van der Waals surface area contributed by atoms with Gasteiger partial charge in [0.25, 0.3) is 5.91 Å². The maximum absolute atomic E-state index is 13.8. The summed E-state index contributed by atoms with van der Waals surface area (Å²) >= 11 is 0. The second-order valence-electron chi connectivity index (χ2n) is 8.60. The number of nitrogens with one attached hydrogen (secondary N) is 1. The summed E-state index contributed by atoms with van der Waals surface area (Å²) in [4.78, 5) is 22.7. The number of hydrogen-bond donors (Lipinski definition) is 1. The Morgan fingerprint density at radius 3 is 2.56 bits per heavy atom. The van der Waals surface area contributed by atoms with Crippen LogP contribution in [-0.4, -0.2) is 60.6 Å². The van der Waals surface area contributed by atoms with Crippen molar-refractivity contribution in [1.82, 2.24) is 15.1 Å². The highest BCUT2D eigenvalue weighted by atomic mass is 16.5. The number of aryl methyl sites for hydroxylation is 1. The second-order valence-corrected chi connectivity index (χ2v) is 8.60. The summed E-state index contributed by atoms with van der Waals surface area (Å²) in [5, 5.41) is 3.51. The van der Waals surface area contributed by atoms with Crippen LogP contribution in [0.3, 0.4) is 0 Å². The highest BCUT2D eigenvalue weighted by Crippen LogP contribution is 2.24. The summed E-state index contributed by atoms with van der Waals surface area (Å²) in [6, 6.07) is 18.5. The summed E-state index contributed by atoms with van der Waals surface area (Å²) in [6.07, 6.45) is 0. The van der Waals surface area contributed by atoms with Crippen LogP contribution in [0.25, 0.3) is 5.70 Å². The normalized spacial score (nSPS) is 16.6. The fraction of sp³-hybridized carbons (Fsp3) is 0.385. The van der Waals surface area contributed by atoms with E-state index in [1.54, 1.807) is 0 Å². The number of guanidine groups is 1. The molecule has 2 aromatic carbocycles. The van der Waals surface area contributed by atoms with Gasteiger partial charge < -0.3 is 19.9 Å².